The van der Waals surface area contributed by atoms with Crippen molar-refractivity contribution in [3.8, 4) is 5.75 Å². The number of benzene rings is 2. The van der Waals surface area contributed by atoms with Gasteiger partial charge in [-0.1, -0.05) is 44.5 Å². The maximum atomic E-state index is 12.8. The first kappa shape index (κ1) is 21.1. The summed E-state index contributed by atoms with van der Waals surface area (Å²) < 4.78 is 43.7. The quantitative estimate of drug-likeness (QED) is 0.640. The Labute approximate surface area is 161 Å². The molecular weight excluding hydrogens is 379 g/mol. The molecule has 0 radical (unpaired) electrons. The molecule has 0 atom stereocenters. The van der Waals surface area contributed by atoms with Gasteiger partial charge in [0.2, 0.25) is 0 Å². The van der Waals surface area contributed by atoms with Crippen LogP contribution in [-0.2, 0) is 16.4 Å². The van der Waals surface area contributed by atoms with Crippen molar-refractivity contribution >= 4 is 23.2 Å². The highest BCUT2D eigenvalue weighted by atomic mass is 35.5. The van der Waals surface area contributed by atoms with Crippen LogP contribution in [0.1, 0.15) is 38.3 Å². The lowest BCUT2D eigenvalue weighted by molar-refractivity contribution is -0.137. The summed E-state index contributed by atoms with van der Waals surface area (Å²) in [6.07, 6.45) is -3.54. The predicted octanol–water partition coefficient (Wildman–Crippen LogP) is 6.06. The Morgan fingerprint density at radius 1 is 1.07 bits per heavy atom. The second-order valence-corrected chi connectivity index (χ2v) is 7.20. The van der Waals surface area contributed by atoms with Crippen LogP contribution in [0.5, 0.6) is 5.75 Å². The van der Waals surface area contributed by atoms with Crippen molar-refractivity contribution in [3.05, 3.63) is 58.6 Å². The zero-order valence-corrected chi connectivity index (χ0v) is 16.0. The third-order valence-corrected chi connectivity index (χ3v) is 4.79. The van der Waals surface area contributed by atoms with E-state index in [9.17, 15) is 18.0 Å². The molecule has 0 aliphatic rings. The van der Waals surface area contributed by atoms with Crippen LogP contribution in [0.15, 0.2) is 42.5 Å². The van der Waals surface area contributed by atoms with Crippen molar-refractivity contribution in [3.63, 3.8) is 0 Å². The number of hydrogen-bond donors (Lipinski definition) is 1. The van der Waals surface area contributed by atoms with Gasteiger partial charge in [0.1, 0.15) is 5.75 Å². The van der Waals surface area contributed by atoms with Gasteiger partial charge in [0.25, 0.3) is 5.91 Å². The molecule has 0 heterocycles. The summed E-state index contributed by atoms with van der Waals surface area (Å²) in [7, 11) is 0. The Kier molecular flexibility index (Phi) is 6.42. The van der Waals surface area contributed by atoms with Gasteiger partial charge in [0, 0.05) is 0 Å². The fourth-order valence-corrected chi connectivity index (χ4v) is 2.50. The summed E-state index contributed by atoms with van der Waals surface area (Å²) in [5.74, 6) is -0.106. The minimum absolute atomic E-state index is 0.0162. The van der Waals surface area contributed by atoms with Crippen molar-refractivity contribution in [2.45, 2.75) is 38.8 Å². The smallest absolute Gasteiger partial charge is 0.416 e. The average molecular weight is 400 g/mol. The first-order chi connectivity index (χ1) is 12.5. The third-order valence-electron chi connectivity index (χ3n) is 4.46. The molecule has 2 aromatic rings. The molecule has 146 valence electrons. The monoisotopic (exact) mass is 399 g/mol. The van der Waals surface area contributed by atoms with Gasteiger partial charge in [0.15, 0.2) is 6.61 Å². The number of ether oxygens (including phenoxy) is 1. The Morgan fingerprint density at radius 3 is 2.22 bits per heavy atom. The van der Waals surface area contributed by atoms with Gasteiger partial charge in [-0.3, -0.25) is 4.79 Å². The van der Waals surface area contributed by atoms with E-state index in [1.807, 2.05) is 12.1 Å². The van der Waals surface area contributed by atoms with Crippen LogP contribution in [0.3, 0.4) is 0 Å². The highest BCUT2D eigenvalue weighted by molar-refractivity contribution is 6.33. The summed E-state index contributed by atoms with van der Waals surface area (Å²) in [5.41, 5.74) is 0.186. The minimum atomic E-state index is -4.52. The minimum Gasteiger partial charge on any atom is -0.484 e. The number of carbonyl (C=O) groups excluding carboxylic acids is 1. The van der Waals surface area contributed by atoms with Crippen LogP contribution in [0.25, 0.3) is 0 Å². The van der Waals surface area contributed by atoms with Crippen molar-refractivity contribution < 1.29 is 22.7 Å². The molecule has 2 rings (SSSR count). The summed E-state index contributed by atoms with van der Waals surface area (Å²) >= 11 is 5.86. The molecule has 0 aromatic heterocycles. The van der Waals surface area contributed by atoms with Gasteiger partial charge < -0.3 is 10.1 Å². The highest BCUT2D eigenvalue weighted by Crippen LogP contribution is 2.34. The molecule has 0 aliphatic carbocycles. The SMILES string of the molecule is CCC(C)(C)c1ccc(OCC(=O)Nc2cc(C(F)(F)F)ccc2Cl)cc1. The van der Waals surface area contributed by atoms with E-state index in [-0.39, 0.29) is 22.7 Å². The van der Waals surface area contributed by atoms with E-state index in [1.165, 1.54) is 0 Å². The number of rotatable bonds is 6. The average Bonchev–Trinajstić information content (AvgIpc) is 2.61. The van der Waals surface area contributed by atoms with E-state index in [2.05, 4.69) is 26.1 Å². The summed E-state index contributed by atoms with van der Waals surface area (Å²) in [4.78, 5) is 12.0. The molecule has 0 fully saturated rings. The number of hydrogen-bond acceptors (Lipinski definition) is 2. The van der Waals surface area contributed by atoms with Crippen molar-refractivity contribution in [2.75, 3.05) is 11.9 Å². The van der Waals surface area contributed by atoms with Crippen LogP contribution < -0.4 is 10.1 Å². The third kappa shape index (κ3) is 5.63. The van der Waals surface area contributed by atoms with Crippen LogP contribution in [0.4, 0.5) is 18.9 Å². The maximum Gasteiger partial charge on any atom is 0.416 e. The summed E-state index contributed by atoms with van der Waals surface area (Å²) in [5, 5.41) is 2.36. The fourth-order valence-electron chi connectivity index (χ4n) is 2.34. The second kappa shape index (κ2) is 8.21. The van der Waals surface area contributed by atoms with Crippen molar-refractivity contribution in [1.82, 2.24) is 0 Å². The topological polar surface area (TPSA) is 38.3 Å². The molecule has 1 N–H and O–H groups in total. The van der Waals surface area contributed by atoms with Gasteiger partial charge in [0.05, 0.1) is 16.3 Å². The van der Waals surface area contributed by atoms with Gasteiger partial charge in [-0.05, 0) is 47.7 Å². The molecule has 3 nitrogen and oxygen atoms in total. The Hall–Kier alpha value is -2.21. The molecule has 0 bridgehead atoms. The zero-order valence-electron chi connectivity index (χ0n) is 15.3. The zero-order chi connectivity index (χ0) is 20.2. The van der Waals surface area contributed by atoms with Gasteiger partial charge in [-0.15, -0.1) is 0 Å². The number of nitrogens with one attached hydrogen (secondary N) is 1. The van der Waals surface area contributed by atoms with E-state index in [0.717, 1.165) is 30.2 Å². The Balaban J connectivity index is 1.99. The molecule has 0 unspecified atom stereocenters. The van der Waals surface area contributed by atoms with Gasteiger partial charge in [-0.25, -0.2) is 0 Å². The lowest BCUT2D eigenvalue weighted by Gasteiger charge is -2.23. The molecule has 0 aliphatic heterocycles. The van der Waals surface area contributed by atoms with Gasteiger partial charge >= 0.3 is 6.18 Å². The van der Waals surface area contributed by atoms with E-state index in [4.69, 9.17) is 16.3 Å². The summed E-state index contributed by atoms with van der Waals surface area (Å²) in [6.45, 7) is 6.03. The van der Waals surface area contributed by atoms with Crippen LogP contribution >= 0.6 is 11.6 Å². The van der Waals surface area contributed by atoms with E-state index < -0.39 is 17.6 Å². The van der Waals surface area contributed by atoms with E-state index in [0.29, 0.717) is 5.75 Å². The Bertz CT molecular complexity index is 802. The molecule has 1 amide bonds. The van der Waals surface area contributed by atoms with Crippen LogP contribution in [0, 0.1) is 0 Å². The van der Waals surface area contributed by atoms with E-state index in [1.54, 1.807) is 12.1 Å². The van der Waals surface area contributed by atoms with E-state index >= 15 is 0 Å². The number of carbonyl (C=O) groups is 1. The van der Waals surface area contributed by atoms with Crippen molar-refractivity contribution in [2.24, 2.45) is 0 Å². The molecule has 0 saturated heterocycles. The second-order valence-electron chi connectivity index (χ2n) is 6.79. The lowest BCUT2D eigenvalue weighted by atomic mass is 9.82. The standard InChI is InChI=1S/C20H21ClF3NO2/c1-4-19(2,3)13-5-8-15(9-6-13)27-12-18(26)25-17-11-14(20(22,23)24)7-10-16(17)21/h5-11H,4,12H2,1-3H3,(H,25,26). The lowest BCUT2D eigenvalue weighted by Crippen LogP contribution is -2.21. The molecule has 0 spiro atoms. The first-order valence-electron chi connectivity index (χ1n) is 8.43. The molecule has 27 heavy (non-hydrogen) atoms. The number of amides is 1. The number of halogens is 4. The van der Waals surface area contributed by atoms with Crippen molar-refractivity contribution in [1.29, 1.82) is 0 Å². The highest BCUT2D eigenvalue weighted by Gasteiger charge is 2.31. The predicted molar refractivity (Wildman–Crippen MR) is 100 cm³/mol. The molecule has 2 aromatic carbocycles. The molecular formula is C20H21ClF3NO2. The maximum absolute atomic E-state index is 12.8. The number of alkyl halides is 3. The summed E-state index contributed by atoms with van der Waals surface area (Å²) in [6, 6.07) is 10.1. The fraction of sp³-hybridized carbons (Fsp3) is 0.350. The van der Waals surface area contributed by atoms with Gasteiger partial charge in [-0.2, -0.15) is 13.2 Å². The van der Waals surface area contributed by atoms with Crippen LogP contribution in [0.2, 0.25) is 5.02 Å². The molecule has 0 saturated carbocycles. The van der Waals surface area contributed by atoms with Crippen LogP contribution in [-0.4, -0.2) is 12.5 Å². The first-order valence-corrected chi connectivity index (χ1v) is 8.80. The number of anilines is 1. The Morgan fingerprint density at radius 2 is 1.67 bits per heavy atom. The molecule has 7 heteroatoms. The normalized spacial score (nSPS) is 12.0. The largest absolute Gasteiger partial charge is 0.484 e.